The largest absolute Gasteiger partial charge is 0.497 e. The maximum atomic E-state index is 12.2. The van der Waals surface area contributed by atoms with Crippen LogP contribution in [0.2, 0.25) is 0 Å². The lowest BCUT2D eigenvalue weighted by molar-refractivity contribution is 0.227. The first-order valence-electron chi connectivity index (χ1n) is 8.74. The van der Waals surface area contributed by atoms with Crippen LogP contribution in [0.1, 0.15) is 24.4 Å². The lowest BCUT2D eigenvalue weighted by atomic mass is 10.1. The van der Waals surface area contributed by atoms with E-state index in [0.29, 0.717) is 6.54 Å². The summed E-state index contributed by atoms with van der Waals surface area (Å²) in [5.41, 5.74) is 1.99. The standard InChI is InChI=1S/C20H25N3O2/c1-25-18-11-9-16(10-12-18)19(23-13-5-6-14-23)15-21-20(24)22-17-7-3-2-4-8-17/h2-4,7-12,19H,5-6,13-15H2,1H3,(H2,21,22,24)/t19-/m0/s1. The van der Waals surface area contributed by atoms with Crippen molar-refractivity contribution in [3.8, 4) is 5.75 Å². The fourth-order valence-electron chi connectivity index (χ4n) is 3.22. The first-order chi connectivity index (χ1) is 12.3. The second-order valence-electron chi connectivity index (χ2n) is 6.23. The Morgan fingerprint density at radius 3 is 2.40 bits per heavy atom. The molecule has 5 nitrogen and oxygen atoms in total. The number of methoxy groups -OCH3 is 1. The van der Waals surface area contributed by atoms with Gasteiger partial charge in [0.1, 0.15) is 5.75 Å². The number of anilines is 1. The third-order valence-electron chi connectivity index (χ3n) is 4.57. The minimum Gasteiger partial charge on any atom is -0.497 e. The van der Waals surface area contributed by atoms with Gasteiger partial charge in [-0.2, -0.15) is 0 Å². The maximum Gasteiger partial charge on any atom is 0.319 e. The predicted molar refractivity (Wildman–Crippen MR) is 100 cm³/mol. The van der Waals surface area contributed by atoms with Gasteiger partial charge in [-0.15, -0.1) is 0 Å². The van der Waals surface area contributed by atoms with E-state index in [4.69, 9.17) is 4.74 Å². The van der Waals surface area contributed by atoms with Crippen LogP contribution in [0.4, 0.5) is 10.5 Å². The van der Waals surface area contributed by atoms with Crippen LogP contribution in [-0.2, 0) is 0 Å². The topological polar surface area (TPSA) is 53.6 Å². The second kappa shape index (κ2) is 8.53. The molecule has 132 valence electrons. The zero-order valence-electron chi connectivity index (χ0n) is 14.6. The van der Waals surface area contributed by atoms with Crippen molar-refractivity contribution in [3.05, 3.63) is 60.2 Å². The van der Waals surface area contributed by atoms with Crippen LogP contribution in [0, 0.1) is 0 Å². The first kappa shape index (κ1) is 17.3. The van der Waals surface area contributed by atoms with E-state index >= 15 is 0 Å². The van der Waals surface area contributed by atoms with Crippen molar-refractivity contribution in [1.82, 2.24) is 10.2 Å². The fraction of sp³-hybridized carbons (Fsp3) is 0.350. The summed E-state index contributed by atoms with van der Waals surface area (Å²) in [4.78, 5) is 14.6. The molecule has 1 aliphatic heterocycles. The van der Waals surface area contributed by atoms with Gasteiger partial charge in [0.05, 0.1) is 13.2 Å². The Balaban J connectivity index is 1.64. The summed E-state index contributed by atoms with van der Waals surface area (Å²) in [7, 11) is 1.67. The number of ether oxygens (including phenoxy) is 1. The smallest absolute Gasteiger partial charge is 0.319 e. The van der Waals surface area contributed by atoms with E-state index < -0.39 is 0 Å². The van der Waals surface area contributed by atoms with Gasteiger partial charge in [-0.3, -0.25) is 4.90 Å². The summed E-state index contributed by atoms with van der Waals surface area (Å²) in [6.07, 6.45) is 2.42. The summed E-state index contributed by atoms with van der Waals surface area (Å²) >= 11 is 0. The monoisotopic (exact) mass is 339 g/mol. The number of hydrogen-bond donors (Lipinski definition) is 2. The Morgan fingerprint density at radius 1 is 1.08 bits per heavy atom. The summed E-state index contributed by atoms with van der Waals surface area (Å²) in [5.74, 6) is 0.846. The molecule has 0 unspecified atom stereocenters. The van der Waals surface area contributed by atoms with Gasteiger partial charge in [0.15, 0.2) is 0 Å². The molecule has 2 amide bonds. The van der Waals surface area contributed by atoms with E-state index in [9.17, 15) is 4.79 Å². The molecule has 2 aromatic rings. The lowest BCUT2D eigenvalue weighted by Crippen LogP contribution is -2.38. The number of nitrogens with zero attached hydrogens (tertiary/aromatic N) is 1. The van der Waals surface area contributed by atoms with Crippen LogP contribution in [0.3, 0.4) is 0 Å². The quantitative estimate of drug-likeness (QED) is 0.844. The van der Waals surface area contributed by atoms with Gasteiger partial charge in [-0.25, -0.2) is 4.79 Å². The van der Waals surface area contributed by atoms with Crippen LogP contribution in [0.25, 0.3) is 0 Å². The van der Waals surface area contributed by atoms with Crippen LogP contribution >= 0.6 is 0 Å². The van der Waals surface area contributed by atoms with E-state index in [-0.39, 0.29) is 12.1 Å². The van der Waals surface area contributed by atoms with Gasteiger partial charge in [-0.05, 0) is 55.8 Å². The number of carbonyl (C=O) groups is 1. The molecule has 3 rings (SSSR count). The zero-order valence-corrected chi connectivity index (χ0v) is 14.6. The molecule has 1 fully saturated rings. The van der Waals surface area contributed by atoms with Gasteiger partial charge in [0.2, 0.25) is 0 Å². The molecule has 1 heterocycles. The van der Waals surface area contributed by atoms with Crippen molar-refractivity contribution < 1.29 is 9.53 Å². The number of urea groups is 1. The summed E-state index contributed by atoms with van der Waals surface area (Å²) in [6, 6.07) is 17.6. The number of para-hydroxylation sites is 1. The predicted octanol–water partition coefficient (Wildman–Crippen LogP) is 3.65. The third kappa shape index (κ3) is 4.73. The summed E-state index contributed by atoms with van der Waals surface area (Å²) in [5, 5.41) is 5.88. The van der Waals surface area contributed by atoms with E-state index in [2.05, 4.69) is 27.7 Å². The molecule has 1 atom stereocenters. The molecule has 1 saturated heterocycles. The van der Waals surface area contributed by atoms with Crippen LogP contribution in [-0.4, -0.2) is 37.7 Å². The van der Waals surface area contributed by atoms with Gasteiger partial charge < -0.3 is 15.4 Å². The Kier molecular flexibility index (Phi) is 5.90. The van der Waals surface area contributed by atoms with Crippen molar-refractivity contribution in [3.63, 3.8) is 0 Å². The minimum atomic E-state index is -0.177. The number of carbonyl (C=O) groups excluding carboxylic acids is 1. The number of rotatable bonds is 6. The van der Waals surface area contributed by atoms with E-state index in [0.717, 1.165) is 24.5 Å². The summed E-state index contributed by atoms with van der Waals surface area (Å²) in [6.45, 7) is 2.71. The van der Waals surface area contributed by atoms with Gasteiger partial charge in [0.25, 0.3) is 0 Å². The highest BCUT2D eigenvalue weighted by Gasteiger charge is 2.24. The van der Waals surface area contributed by atoms with Gasteiger partial charge in [0, 0.05) is 12.2 Å². The molecule has 25 heavy (non-hydrogen) atoms. The zero-order chi connectivity index (χ0) is 17.5. The number of amides is 2. The van der Waals surface area contributed by atoms with Crippen LogP contribution in [0.15, 0.2) is 54.6 Å². The average Bonchev–Trinajstić information content (AvgIpc) is 3.18. The highest BCUT2D eigenvalue weighted by atomic mass is 16.5. The molecular formula is C20H25N3O2. The van der Waals surface area contributed by atoms with Crippen LogP contribution in [0.5, 0.6) is 5.75 Å². The maximum absolute atomic E-state index is 12.2. The summed E-state index contributed by atoms with van der Waals surface area (Å²) < 4.78 is 5.25. The number of nitrogens with one attached hydrogen (secondary N) is 2. The normalized spacial score (nSPS) is 15.6. The first-order valence-corrected chi connectivity index (χ1v) is 8.74. The molecule has 0 saturated carbocycles. The Morgan fingerprint density at radius 2 is 1.76 bits per heavy atom. The second-order valence-corrected chi connectivity index (χ2v) is 6.23. The highest BCUT2D eigenvalue weighted by molar-refractivity contribution is 5.89. The van der Waals surface area contributed by atoms with Gasteiger partial charge >= 0.3 is 6.03 Å². The third-order valence-corrected chi connectivity index (χ3v) is 4.57. The van der Waals surface area contributed by atoms with Crippen LogP contribution < -0.4 is 15.4 Å². The highest BCUT2D eigenvalue weighted by Crippen LogP contribution is 2.26. The molecule has 1 aliphatic rings. The van der Waals surface area contributed by atoms with Crippen molar-refractivity contribution in [2.45, 2.75) is 18.9 Å². The molecule has 5 heteroatoms. The molecule has 2 N–H and O–H groups in total. The molecular weight excluding hydrogens is 314 g/mol. The van der Waals surface area contributed by atoms with E-state index in [1.54, 1.807) is 7.11 Å². The van der Waals surface area contributed by atoms with E-state index in [1.807, 2.05) is 42.5 Å². The SMILES string of the molecule is COc1ccc([C@H](CNC(=O)Nc2ccccc2)N2CCCC2)cc1. The lowest BCUT2D eigenvalue weighted by Gasteiger charge is -2.28. The van der Waals surface area contributed by atoms with Crippen molar-refractivity contribution >= 4 is 11.7 Å². The number of benzene rings is 2. The average molecular weight is 339 g/mol. The molecule has 0 aromatic heterocycles. The fourth-order valence-corrected chi connectivity index (χ4v) is 3.22. The molecule has 0 radical (unpaired) electrons. The number of hydrogen-bond acceptors (Lipinski definition) is 3. The number of likely N-dealkylation sites (tertiary alicyclic amines) is 1. The molecule has 0 spiro atoms. The Labute approximate surface area is 149 Å². The molecule has 2 aromatic carbocycles. The van der Waals surface area contributed by atoms with Crippen molar-refractivity contribution in [2.75, 3.05) is 32.1 Å². The minimum absolute atomic E-state index is 0.176. The molecule has 0 aliphatic carbocycles. The van der Waals surface area contributed by atoms with Crippen molar-refractivity contribution in [2.24, 2.45) is 0 Å². The Hall–Kier alpha value is -2.53. The molecule has 0 bridgehead atoms. The van der Waals surface area contributed by atoms with E-state index in [1.165, 1.54) is 18.4 Å². The Bertz CT molecular complexity index is 667. The van der Waals surface area contributed by atoms with Crippen molar-refractivity contribution in [1.29, 1.82) is 0 Å². The van der Waals surface area contributed by atoms with Gasteiger partial charge in [-0.1, -0.05) is 30.3 Å².